The molecule has 1 saturated heterocycles. The van der Waals surface area contributed by atoms with E-state index in [1.165, 1.54) is 4.31 Å². The first kappa shape index (κ1) is 15.4. The van der Waals surface area contributed by atoms with Crippen LogP contribution in [0.15, 0.2) is 24.3 Å². The number of hydrogen-bond donors (Lipinski definition) is 2. The molecule has 0 spiro atoms. The minimum Gasteiger partial charge on any atom is -0.394 e. The number of rotatable bonds is 5. The van der Waals surface area contributed by atoms with Gasteiger partial charge in [0.25, 0.3) is 0 Å². The van der Waals surface area contributed by atoms with E-state index in [1.54, 1.807) is 12.1 Å². The number of aliphatic hydroxyl groups is 1. The van der Waals surface area contributed by atoms with Crippen molar-refractivity contribution in [2.75, 3.05) is 26.3 Å². The molecule has 1 aromatic rings. The SMILES string of the molecule is NCc1ccc(CS(=O)(=O)N2CCOC(CO)C2)cc1. The zero-order valence-electron chi connectivity index (χ0n) is 11.2. The first-order valence-electron chi connectivity index (χ1n) is 6.53. The van der Waals surface area contributed by atoms with Gasteiger partial charge in [-0.2, -0.15) is 4.31 Å². The normalized spacial score (nSPS) is 21.0. The van der Waals surface area contributed by atoms with Crippen molar-refractivity contribution in [2.24, 2.45) is 5.73 Å². The number of aliphatic hydroxyl groups excluding tert-OH is 1. The Hall–Kier alpha value is -0.990. The molecule has 0 amide bonds. The van der Waals surface area contributed by atoms with Crippen molar-refractivity contribution < 1.29 is 18.3 Å². The third-order valence-corrected chi connectivity index (χ3v) is 5.12. The second-order valence-electron chi connectivity index (χ2n) is 4.81. The predicted molar refractivity (Wildman–Crippen MR) is 75.4 cm³/mol. The summed E-state index contributed by atoms with van der Waals surface area (Å²) in [5.74, 6) is -0.0456. The van der Waals surface area contributed by atoms with Gasteiger partial charge < -0.3 is 15.6 Å². The molecule has 2 rings (SSSR count). The van der Waals surface area contributed by atoms with Gasteiger partial charge in [0, 0.05) is 19.6 Å². The Bertz CT molecular complexity index is 530. The molecule has 0 radical (unpaired) electrons. The predicted octanol–water partition coefficient (Wildman–Crippen LogP) is -0.332. The van der Waals surface area contributed by atoms with Gasteiger partial charge in [-0.3, -0.25) is 0 Å². The third kappa shape index (κ3) is 3.77. The van der Waals surface area contributed by atoms with E-state index in [9.17, 15) is 8.42 Å². The van der Waals surface area contributed by atoms with E-state index >= 15 is 0 Å². The molecule has 1 aliphatic rings. The number of sulfonamides is 1. The Labute approximate surface area is 119 Å². The molecule has 112 valence electrons. The van der Waals surface area contributed by atoms with Crippen molar-refractivity contribution in [3.63, 3.8) is 0 Å². The Morgan fingerprint density at radius 2 is 1.95 bits per heavy atom. The Morgan fingerprint density at radius 3 is 2.55 bits per heavy atom. The van der Waals surface area contributed by atoms with Gasteiger partial charge in [0.1, 0.15) is 0 Å². The molecule has 1 fully saturated rings. The minimum absolute atomic E-state index is 0.0456. The Morgan fingerprint density at radius 1 is 1.30 bits per heavy atom. The molecule has 1 atom stereocenters. The Kier molecular flexibility index (Phi) is 5.11. The molecule has 1 aliphatic heterocycles. The molecular formula is C13H20N2O4S. The maximum atomic E-state index is 12.3. The van der Waals surface area contributed by atoms with Crippen LogP contribution < -0.4 is 5.73 Å². The minimum atomic E-state index is -3.39. The van der Waals surface area contributed by atoms with Crippen molar-refractivity contribution in [3.8, 4) is 0 Å². The standard InChI is InChI=1S/C13H20N2O4S/c14-7-11-1-3-12(4-2-11)10-20(17,18)15-5-6-19-13(8-15)9-16/h1-4,13,16H,5-10,14H2. The average molecular weight is 300 g/mol. The van der Waals surface area contributed by atoms with Crippen LogP contribution in [0, 0.1) is 0 Å². The zero-order valence-corrected chi connectivity index (χ0v) is 12.1. The van der Waals surface area contributed by atoms with E-state index in [4.69, 9.17) is 15.6 Å². The van der Waals surface area contributed by atoms with E-state index in [0.29, 0.717) is 19.7 Å². The molecular weight excluding hydrogens is 280 g/mol. The van der Waals surface area contributed by atoms with Crippen molar-refractivity contribution in [3.05, 3.63) is 35.4 Å². The van der Waals surface area contributed by atoms with Crippen LogP contribution in [0.2, 0.25) is 0 Å². The lowest BCUT2D eigenvalue weighted by Crippen LogP contribution is -2.47. The fraction of sp³-hybridized carbons (Fsp3) is 0.538. The van der Waals surface area contributed by atoms with Gasteiger partial charge in [0.05, 0.1) is 25.1 Å². The molecule has 0 bridgehead atoms. The lowest BCUT2D eigenvalue weighted by Gasteiger charge is -2.31. The molecule has 20 heavy (non-hydrogen) atoms. The van der Waals surface area contributed by atoms with E-state index < -0.39 is 16.1 Å². The second kappa shape index (κ2) is 6.64. The third-order valence-electron chi connectivity index (χ3n) is 3.31. The zero-order chi connectivity index (χ0) is 14.6. The number of ether oxygens (including phenoxy) is 1. The van der Waals surface area contributed by atoms with Gasteiger partial charge in [-0.1, -0.05) is 24.3 Å². The quantitative estimate of drug-likeness (QED) is 0.776. The number of nitrogens with two attached hydrogens (primary N) is 1. The van der Waals surface area contributed by atoms with E-state index in [2.05, 4.69) is 0 Å². The van der Waals surface area contributed by atoms with Crippen molar-refractivity contribution in [1.82, 2.24) is 4.31 Å². The van der Waals surface area contributed by atoms with E-state index in [0.717, 1.165) is 11.1 Å². The van der Waals surface area contributed by atoms with Gasteiger partial charge >= 0.3 is 0 Å². The van der Waals surface area contributed by atoms with Gasteiger partial charge in [-0.05, 0) is 11.1 Å². The summed E-state index contributed by atoms with van der Waals surface area (Å²) >= 11 is 0. The van der Waals surface area contributed by atoms with Gasteiger partial charge in [0.2, 0.25) is 10.0 Å². The molecule has 0 aromatic heterocycles. The lowest BCUT2D eigenvalue weighted by molar-refractivity contribution is -0.0305. The lowest BCUT2D eigenvalue weighted by atomic mass is 10.1. The summed E-state index contributed by atoms with van der Waals surface area (Å²) in [7, 11) is -3.39. The highest BCUT2D eigenvalue weighted by molar-refractivity contribution is 7.88. The van der Waals surface area contributed by atoms with Gasteiger partial charge in [-0.25, -0.2) is 8.42 Å². The highest BCUT2D eigenvalue weighted by Gasteiger charge is 2.29. The number of morpholine rings is 1. The summed E-state index contributed by atoms with van der Waals surface area (Å²) < 4.78 is 31.3. The van der Waals surface area contributed by atoms with E-state index in [-0.39, 0.29) is 18.9 Å². The van der Waals surface area contributed by atoms with Gasteiger partial charge in [0.15, 0.2) is 0 Å². The fourth-order valence-electron chi connectivity index (χ4n) is 2.13. The molecule has 1 unspecified atom stereocenters. The van der Waals surface area contributed by atoms with Crippen LogP contribution >= 0.6 is 0 Å². The van der Waals surface area contributed by atoms with Crippen molar-refractivity contribution in [1.29, 1.82) is 0 Å². The molecule has 3 N–H and O–H groups in total. The first-order valence-corrected chi connectivity index (χ1v) is 8.14. The van der Waals surface area contributed by atoms with Gasteiger partial charge in [-0.15, -0.1) is 0 Å². The van der Waals surface area contributed by atoms with Crippen LogP contribution in [0.25, 0.3) is 0 Å². The van der Waals surface area contributed by atoms with E-state index in [1.807, 2.05) is 12.1 Å². The van der Waals surface area contributed by atoms with Crippen LogP contribution in [0.5, 0.6) is 0 Å². The molecule has 0 saturated carbocycles. The summed E-state index contributed by atoms with van der Waals surface area (Å²) in [4.78, 5) is 0. The molecule has 0 aliphatic carbocycles. The summed E-state index contributed by atoms with van der Waals surface area (Å²) in [6, 6.07) is 7.23. The van der Waals surface area contributed by atoms with Crippen LogP contribution in [0.4, 0.5) is 0 Å². The molecule has 6 nitrogen and oxygen atoms in total. The van der Waals surface area contributed by atoms with Crippen LogP contribution in [-0.2, 0) is 27.1 Å². The first-order chi connectivity index (χ1) is 9.55. The average Bonchev–Trinajstić information content (AvgIpc) is 2.48. The van der Waals surface area contributed by atoms with Crippen LogP contribution in [0.3, 0.4) is 0 Å². The van der Waals surface area contributed by atoms with Crippen molar-refractivity contribution in [2.45, 2.75) is 18.4 Å². The fourth-order valence-corrected chi connectivity index (χ4v) is 3.67. The largest absolute Gasteiger partial charge is 0.394 e. The van der Waals surface area contributed by atoms with Crippen LogP contribution in [-0.4, -0.2) is 50.2 Å². The summed E-state index contributed by atoms with van der Waals surface area (Å²) in [6.07, 6.45) is -0.432. The molecule has 7 heteroatoms. The second-order valence-corrected chi connectivity index (χ2v) is 6.78. The highest BCUT2D eigenvalue weighted by atomic mass is 32.2. The maximum Gasteiger partial charge on any atom is 0.218 e. The van der Waals surface area contributed by atoms with Crippen molar-refractivity contribution >= 4 is 10.0 Å². The highest BCUT2D eigenvalue weighted by Crippen LogP contribution is 2.15. The maximum absolute atomic E-state index is 12.3. The summed E-state index contributed by atoms with van der Waals surface area (Å²) in [5.41, 5.74) is 7.21. The monoisotopic (exact) mass is 300 g/mol. The number of hydrogen-bond acceptors (Lipinski definition) is 5. The number of benzene rings is 1. The summed E-state index contributed by atoms with van der Waals surface area (Å²) in [6.45, 7) is 1.13. The smallest absolute Gasteiger partial charge is 0.218 e. The summed E-state index contributed by atoms with van der Waals surface area (Å²) in [5, 5.41) is 9.06. The number of nitrogens with zero attached hydrogens (tertiary/aromatic N) is 1. The molecule has 1 aromatic carbocycles. The topological polar surface area (TPSA) is 92.9 Å². The Balaban J connectivity index is 2.05. The van der Waals surface area contributed by atoms with Crippen LogP contribution in [0.1, 0.15) is 11.1 Å². The molecule has 1 heterocycles.